The Bertz CT molecular complexity index is 561. The summed E-state index contributed by atoms with van der Waals surface area (Å²) in [7, 11) is 0. The number of carboxylic acids is 1. The van der Waals surface area contributed by atoms with Gasteiger partial charge in [-0.1, -0.05) is 23.7 Å². The average Bonchev–Trinajstić information content (AvgIpc) is 3.32. The number of rotatable bonds is 6. The summed E-state index contributed by atoms with van der Waals surface area (Å²) < 4.78 is 0. The van der Waals surface area contributed by atoms with E-state index in [1.165, 1.54) is 4.90 Å². The summed E-state index contributed by atoms with van der Waals surface area (Å²) >= 11 is 5.90. The van der Waals surface area contributed by atoms with Crippen molar-refractivity contribution in [1.82, 2.24) is 4.90 Å². The second kappa shape index (κ2) is 5.34. The van der Waals surface area contributed by atoms with Crippen LogP contribution in [0.4, 0.5) is 0 Å². The molecule has 0 atom stereocenters. The van der Waals surface area contributed by atoms with E-state index in [0.29, 0.717) is 17.5 Å². The Balaban J connectivity index is 1.80. The SMILES string of the molecule is O=C(O)CN(CC1CC1)C(=O)C1(c2ccc(Cl)cc2)CC1. The third-order valence-corrected chi connectivity index (χ3v) is 4.60. The highest BCUT2D eigenvalue weighted by Gasteiger charge is 2.53. The van der Waals surface area contributed by atoms with Gasteiger partial charge in [0.2, 0.25) is 5.91 Å². The van der Waals surface area contributed by atoms with Crippen molar-refractivity contribution >= 4 is 23.5 Å². The molecule has 112 valence electrons. The van der Waals surface area contributed by atoms with Crippen LogP contribution >= 0.6 is 11.6 Å². The molecule has 2 fully saturated rings. The highest BCUT2D eigenvalue weighted by Crippen LogP contribution is 2.50. The Morgan fingerprint density at radius 1 is 1.24 bits per heavy atom. The van der Waals surface area contributed by atoms with Crippen LogP contribution in [-0.4, -0.2) is 35.0 Å². The molecule has 0 radical (unpaired) electrons. The molecule has 1 aromatic rings. The van der Waals surface area contributed by atoms with Gasteiger partial charge in [-0.2, -0.15) is 0 Å². The van der Waals surface area contributed by atoms with E-state index in [1.54, 1.807) is 12.1 Å². The first-order valence-corrected chi connectivity index (χ1v) is 7.66. The third kappa shape index (κ3) is 3.05. The zero-order valence-electron chi connectivity index (χ0n) is 11.7. The summed E-state index contributed by atoms with van der Waals surface area (Å²) in [5.74, 6) is -0.510. The Hall–Kier alpha value is -1.55. The molecular formula is C16H18ClNO3. The monoisotopic (exact) mass is 307 g/mol. The number of amides is 1. The Morgan fingerprint density at radius 3 is 2.33 bits per heavy atom. The molecule has 0 unspecified atom stereocenters. The molecule has 0 aliphatic heterocycles. The summed E-state index contributed by atoms with van der Waals surface area (Å²) in [5.41, 5.74) is 0.428. The van der Waals surface area contributed by atoms with Crippen LogP contribution < -0.4 is 0 Å². The van der Waals surface area contributed by atoms with E-state index in [9.17, 15) is 9.59 Å². The predicted octanol–water partition coefficient (Wildman–Crippen LogP) is 2.69. The van der Waals surface area contributed by atoms with Crippen molar-refractivity contribution in [3.05, 3.63) is 34.9 Å². The number of aliphatic carboxylic acids is 1. The Morgan fingerprint density at radius 2 is 1.86 bits per heavy atom. The highest BCUT2D eigenvalue weighted by atomic mass is 35.5. The molecule has 0 aromatic heterocycles. The number of hydrogen-bond donors (Lipinski definition) is 1. The molecule has 0 saturated heterocycles. The molecule has 2 aliphatic carbocycles. The van der Waals surface area contributed by atoms with Gasteiger partial charge in [-0.3, -0.25) is 9.59 Å². The number of halogens is 1. The summed E-state index contributed by atoms with van der Waals surface area (Å²) in [6, 6.07) is 7.33. The van der Waals surface area contributed by atoms with E-state index >= 15 is 0 Å². The molecule has 2 saturated carbocycles. The van der Waals surface area contributed by atoms with Crippen molar-refractivity contribution < 1.29 is 14.7 Å². The van der Waals surface area contributed by atoms with Crippen molar-refractivity contribution in [1.29, 1.82) is 0 Å². The molecule has 21 heavy (non-hydrogen) atoms. The van der Waals surface area contributed by atoms with Crippen molar-refractivity contribution in [2.75, 3.05) is 13.1 Å². The van der Waals surface area contributed by atoms with E-state index in [2.05, 4.69) is 0 Å². The molecular weight excluding hydrogens is 290 g/mol. The normalized spacial score (nSPS) is 19.1. The number of carboxylic acid groups (broad SMARTS) is 1. The van der Waals surface area contributed by atoms with Gasteiger partial charge in [0.1, 0.15) is 6.54 Å². The van der Waals surface area contributed by atoms with Crippen molar-refractivity contribution in [2.45, 2.75) is 31.1 Å². The Labute approximate surface area is 128 Å². The first-order valence-electron chi connectivity index (χ1n) is 7.28. The van der Waals surface area contributed by atoms with Gasteiger partial charge in [-0.05, 0) is 49.3 Å². The van der Waals surface area contributed by atoms with Gasteiger partial charge in [0, 0.05) is 11.6 Å². The van der Waals surface area contributed by atoms with Gasteiger partial charge in [-0.15, -0.1) is 0 Å². The maximum atomic E-state index is 12.8. The van der Waals surface area contributed by atoms with Crippen LogP contribution in [0.5, 0.6) is 0 Å². The first kappa shape index (κ1) is 14.4. The Kier molecular flexibility index (Phi) is 3.66. The van der Waals surface area contributed by atoms with Crippen LogP contribution in [0.15, 0.2) is 24.3 Å². The second-order valence-corrected chi connectivity index (χ2v) is 6.55. The van der Waals surface area contributed by atoms with Crippen LogP contribution in [0.25, 0.3) is 0 Å². The summed E-state index contributed by atoms with van der Waals surface area (Å²) in [6.07, 6.45) is 3.76. The van der Waals surface area contributed by atoms with Gasteiger partial charge in [0.05, 0.1) is 5.41 Å². The number of benzene rings is 1. The number of carbonyl (C=O) groups is 2. The average molecular weight is 308 g/mol. The van der Waals surface area contributed by atoms with Crippen molar-refractivity contribution in [3.8, 4) is 0 Å². The standard InChI is InChI=1S/C16H18ClNO3/c17-13-5-3-12(4-6-13)16(7-8-16)15(21)18(10-14(19)20)9-11-1-2-11/h3-6,11H,1-2,7-10H2,(H,19,20). The predicted molar refractivity (Wildman–Crippen MR) is 79.3 cm³/mol. The molecule has 0 spiro atoms. The zero-order valence-corrected chi connectivity index (χ0v) is 12.5. The van der Waals surface area contributed by atoms with Gasteiger partial charge in [0.15, 0.2) is 0 Å². The highest BCUT2D eigenvalue weighted by molar-refractivity contribution is 6.30. The number of hydrogen-bond acceptors (Lipinski definition) is 2. The lowest BCUT2D eigenvalue weighted by molar-refractivity contribution is -0.145. The molecule has 5 heteroatoms. The van der Waals surface area contributed by atoms with E-state index in [4.69, 9.17) is 16.7 Å². The lowest BCUT2D eigenvalue weighted by Crippen LogP contribution is -2.43. The number of nitrogens with zero attached hydrogens (tertiary/aromatic N) is 1. The molecule has 3 rings (SSSR count). The quantitative estimate of drug-likeness (QED) is 0.879. The van der Waals surface area contributed by atoms with E-state index < -0.39 is 11.4 Å². The summed E-state index contributed by atoms with van der Waals surface area (Å²) in [5, 5.41) is 9.69. The molecule has 1 N–H and O–H groups in total. The van der Waals surface area contributed by atoms with Gasteiger partial charge < -0.3 is 10.0 Å². The minimum Gasteiger partial charge on any atom is -0.480 e. The lowest BCUT2D eigenvalue weighted by Gasteiger charge is -2.26. The lowest BCUT2D eigenvalue weighted by atomic mass is 9.94. The molecule has 0 heterocycles. The fourth-order valence-corrected chi connectivity index (χ4v) is 2.94. The van der Waals surface area contributed by atoms with Gasteiger partial charge >= 0.3 is 5.97 Å². The van der Waals surface area contributed by atoms with E-state index in [0.717, 1.165) is 31.2 Å². The zero-order chi connectivity index (χ0) is 15.0. The van der Waals surface area contributed by atoms with Crippen LogP contribution in [0.3, 0.4) is 0 Å². The smallest absolute Gasteiger partial charge is 0.323 e. The largest absolute Gasteiger partial charge is 0.480 e. The van der Waals surface area contributed by atoms with Crippen molar-refractivity contribution in [3.63, 3.8) is 0 Å². The molecule has 4 nitrogen and oxygen atoms in total. The minimum absolute atomic E-state index is 0.0425. The fourth-order valence-electron chi connectivity index (χ4n) is 2.82. The molecule has 1 amide bonds. The maximum Gasteiger partial charge on any atom is 0.323 e. The topological polar surface area (TPSA) is 57.6 Å². The van der Waals surface area contributed by atoms with Crippen LogP contribution in [0.2, 0.25) is 5.02 Å². The van der Waals surface area contributed by atoms with E-state index in [-0.39, 0.29) is 12.5 Å². The fraction of sp³-hybridized carbons (Fsp3) is 0.500. The number of carbonyl (C=O) groups excluding carboxylic acids is 1. The third-order valence-electron chi connectivity index (χ3n) is 4.35. The first-order chi connectivity index (χ1) is 10.0. The van der Waals surface area contributed by atoms with Gasteiger partial charge in [-0.25, -0.2) is 0 Å². The van der Waals surface area contributed by atoms with Gasteiger partial charge in [0.25, 0.3) is 0 Å². The minimum atomic E-state index is -0.948. The molecule has 2 aliphatic rings. The van der Waals surface area contributed by atoms with E-state index in [1.807, 2.05) is 12.1 Å². The molecule has 0 bridgehead atoms. The second-order valence-electron chi connectivity index (χ2n) is 6.11. The van der Waals surface area contributed by atoms with Crippen LogP contribution in [-0.2, 0) is 15.0 Å². The van der Waals surface area contributed by atoms with Crippen LogP contribution in [0, 0.1) is 5.92 Å². The van der Waals surface area contributed by atoms with Crippen LogP contribution in [0.1, 0.15) is 31.2 Å². The maximum absolute atomic E-state index is 12.8. The summed E-state index contributed by atoms with van der Waals surface area (Å²) in [6.45, 7) is 0.366. The summed E-state index contributed by atoms with van der Waals surface area (Å²) in [4.78, 5) is 25.4. The molecule has 1 aromatic carbocycles. The van der Waals surface area contributed by atoms with Crippen molar-refractivity contribution in [2.24, 2.45) is 5.92 Å².